The van der Waals surface area contributed by atoms with Crippen LogP contribution >= 0.6 is 23.5 Å². The molecule has 0 fully saturated rings. The Morgan fingerprint density at radius 3 is 2.30 bits per heavy atom. The molecule has 0 aliphatic rings. The zero-order chi connectivity index (χ0) is 14.6. The van der Waals surface area contributed by atoms with Gasteiger partial charge >= 0.3 is 0 Å². The SMILES string of the molecule is Cc1nc(SCc2ccccc2)ccc1SC(C)(C)C. The number of pyridine rings is 1. The molecule has 0 spiro atoms. The van der Waals surface area contributed by atoms with Gasteiger partial charge in [0.2, 0.25) is 0 Å². The fourth-order valence-corrected chi connectivity index (χ4v) is 3.64. The van der Waals surface area contributed by atoms with Crippen molar-refractivity contribution in [3.05, 3.63) is 53.7 Å². The molecule has 20 heavy (non-hydrogen) atoms. The number of rotatable bonds is 4. The second-order valence-electron chi connectivity index (χ2n) is 5.72. The average Bonchev–Trinajstić information content (AvgIpc) is 2.39. The highest BCUT2D eigenvalue weighted by atomic mass is 32.2. The van der Waals surface area contributed by atoms with E-state index < -0.39 is 0 Å². The molecule has 2 aromatic rings. The summed E-state index contributed by atoms with van der Waals surface area (Å²) in [7, 11) is 0. The van der Waals surface area contributed by atoms with Gasteiger partial charge in [0, 0.05) is 15.4 Å². The molecule has 3 heteroatoms. The first kappa shape index (κ1) is 15.5. The third-order valence-corrected chi connectivity index (χ3v) is 4.92. The molecule has 106 valence electrons. The van der Waals surface area contributed by atoms with E-state index in [9.17, 15) is 0 Å². The summed E-state index contributed by atoms with van der Waals surface area (Å²) in [6.45, 7) is 8.79. The molecule has 0 saturated carbocycles. The van der Waals surface area contributed by atoms with Gasteiger partial charge in [0.1, 0.15) is 0 Å². The maximum atomic E-state index is 4.71. The Morgan fingerprint density at radius 1 is 1.00 bits per heavy atom. The summed E-state index contributed by atoms with van der Waals surface area (Å²) < 4.78 is 0.227. The molecule has 0 unspecified atom stereocenters. The Balaban J connectivity index is 2.02. The molecule has 0 N–H and O–H groups in total. The fraction of sp³-hybridized carbons (Fsp3) is 0.353. The van der Waals surface area contributed by atoms with Crippen LogP contribution in [0.4, 0.5) is 0 Å². The van der Waals surface area contributed by atoms with Crippen molar-refractivity contribution in [1.29, 1.82) is 0 Å². The molecule has 0 aliphatic heterocycles. The van der Waals surface area contributed by atoms with Gasteiger partial charge in [-0.15, -0.1) is 23.5 Å². The van der Waals surface area contributed by atoms with E-state index >= 15 is 0 Å². The Hall–Kier alpha value is -0.930. The van der Waals surface area contributed by atoms with Gasteiger partial charge in [-0.3, -0.25) is 0 Å². The van der Waals surface area contributed by atoms with Gasteiger partial charge in [-0.05, 0) is 24.6 Å². The first-order chi connectivity index (χ1) is 9.44. The molecule has 1 heterocycles. The van der Waals surface area contributed by atoms with Gasteiger partial charge in [0.15, 0.2) is 0 Å². The molecule has 1 aromatic heterocycles. The number of hydrogen-bond donors (Lipinski definition) is 0. The molecular weight excluding hydrogens is 282 g/mol. The van der Waals surface area contributed by atoms with Gasteiger partial charge in [0.25, 0.3) is 0 Å². The van der Waals surface area contributed by atoms with Gasteiger partial charge < -0.3 is 0 Å². The van der Waals surface area contributed by atoms with E-state index in [1.54, 1.807) is 11.8 Å². The van der Waals surface area contributed by atoms with Crippen LogP contribution < -0.4 is 0 Å². The number of hydrogen-bond acceptors (Lipinski definition) is 3. The van der Waals surface area contributed by atoms with Gasteiger partial charge in [-0.2, -0.15) is 0 Å². The first-order valence-corrected chi connectivity index (χ1v) is 8.58. The number of nitrogens with zero attached hydrogens (tertiary/aromatic N) is 1. The van der Waals surface area contributed by atoms with E-state index in [0.717, 1.165) is 16.5 Å². The second kappa shape index (κ2) is 6.68. The molecule has 0 bridgehead atoms. The second-order valence-corrected chi connectivity index (χ2v) is 8.59. The number of thioether (sulfide) groups is 2. The highest BCUT2D eigenvalue weighted by molar-refractivity contribution is 8.00. The molecule has 0 amide bonds. The third kappa shape index (κ3) is 4.88. The summed E-state index contributed by atoms with van der Waals surface area (Å²) in [5.74, 6) is 0.971. The van der Waals surface area contributed by atoms with Crippen LogP contribution in [0.1, 0.15) is 32.0 Å². The van der Waals surface area contributed by atoms with Crippen molar-refractivity contribution in [2.75, 3.05) is 0 Å². The van der Waals surface area contributed by atoms with Crippen molar-refractivity contribution < 1.29 is 0 Å². The smallest absolute Gasteiger partial charge is 0.0967 e. The van der Waals surface area contributed by atoms with E-state index in [4.69, 9.17) is 4.98 Å². The normalized spacial score (nSPS) is 11.6. The lowest BCUT2D eigenvalue weighted by Crippen LogP contribution is -2.07. The molecule has 1 nitrogen and oxygen atoms in total. The van der Waals surface area contributed by atoms with Crippen molar-refractivity contribution >= 4 is 23.5 Å². The standard InChI is InChI=1S/C17H21NS2/c1-13-15(20-17(2,3)4)10-11-16(18-13)19-12-14-8-6-5-7-9-14/h5-11H,12H2,1-4H3. The van der Waals surface area contributed by atoms with Crippen LogP contribution in [0.2, 0.25) is 0 Å². The predicted octanol–water partition coefficient (Wildman–Crippen LogP) is 5.57. The number of benzene rings is 1. The van der Waals surface area contributed by atoms with Crippen LogP contribution in [0.15, 0.2) is 52.4 Å². The molecular formula is C17H21NS2. The molecule has 0 aliphatic carbocycles. The Kier molecular flexibility index (Phi) is 5.17. The van der Waals surface area contributed by atoms with Crippen molar-refractivity contribution in [1.82, 2.24) is 4.98 Å². The summed E-state index contributed by atoms with van der Waals surface area (Å²) in [6, 6.07) is 14.9. The summed E-state index contributed by atoms with van der Waals surface area (Å²) in [6.07, 6.45) is 0. The van der Waals surface area contributed by atoms with Crippen LogP contribution in [-0.2, 0) is 5.75 Å². The zero-order valence-corrected chi connectivity index (χ0v) is 14.1. The lowest BCUT2D eigenvalue weighted by Gasteiger charge is -2.18. The maximum absolute atomic E-state index is 4.71. The van der Waals surface area contributed by atoms with Crippen molar-refractivity contribution in [3.8, 4) is 0 Å². The molecule has 0 saturated heterocycles. The van der Waals surface area contributed by atoms with E-state index in [-0.39, 0.29) is 4.75 Å². The predicted molar refractivity (Wildman–Crippen MR) is 90.6 cm³/mol. The summed E-state index contributed by atoms with van der Waals surface area (Å²) in [5.41, 5.74) is 2.47. The van der Waals surface area contributed by atoms with E-state index in [2.05, 4.69) is 70.2 Å². The Labute approximate surface area is 130 Å². The summed E-state index contributed by atoms with van der Waals surface area (Å²) in [4.78, 5) is 5.99. The minimum absolute atomic E-state index is 0.227. The number of aryl methyl sites for hydroxylation is 1. The zero-order valence-electron chi connectivity index (χ0n) is 12.5. The van der Waals surface area contributed by atoms with Gasteiger partial charge in [-0.25, -0.2) is 4.98 Å². The highest BCUT2D eigenvalue weighted by Gasteiger charge is 2.14. The minimum atomic E-state index is 0.227. The van der Waals surface area contributed by atoms with Crippen LogP contribution in [-0.4, -0.2) is 9.73 Å². The van der Waals surface area contributed by atoms with Gasteiger partial charge in [-0.1, -0.05) is 51.1 Å². The summed E-state index contributed by atoms with van der Waals surface area (Å²) in [5, 5.41) is 1.10. The average molecular weight is 303 g/mol. The van der Waals surface area contributed by atoms with Crippen LogP contribution in [0.5, 0.6) is 0 Å². The molecule has 0 radical (unpaired) electrons. The van der Waals surface area contributed by atoms with Crippen molar-refractivity contribution in [3.63, 3.8) is 0 Å². The largest absolute Gasteiger partial charge is 0.246 e. The minimum Gasteiger partial charge on any atom is -0.246 e. The lowest BCUT2D eigenvalue weighted by molar-refractivity contribution is 0.800. The van der Waals surface area contributed by atoms with Crippen LogP contribution in [0.25, 0.3) is 0 Å². The fourth-order valence-electron chi connectivity index (χ4n) is 1.77. The van der Waals surface area contributed by atoms with E-state index in [1.165, 1.54) is 10.5 Å². The number of aromatic nitrogens is 1. The topological polar surface area (TPSA) is 12.9 Å². The van der Waals surface area contributed by atoms with Crippen molar-refractivity contribution in [2.45, 2.75) is 48.1 Å². The van der Waals surface area contributed by atoms with E-state index in [1.807, 2.05) is 11.8 Å². The maximum Gasteiger partial charge on any atom is 0.0967 e. The quantitative estimate of drug-likeness (QED) is 0.685. The first-order valence-electron chi connectivity index (χ1n) is 6.77. The molecule has 1 aromatic carbocycles. The van der Waals surface area contributed by atoms with Crippen molar-refractivity contribution in [2.24, 2.45) is 0 Å². The monoisotopic (exact) mass is 303 g/mol. The lowest BCUT2D eigenvalue weighted by atomic mass is 10.2. The molecule has 2 rings (SSSR count). The summed E-state index contributed by atoms with van der Waals surface area (Å²) >= 11 is 3.67. The van der Waals surface area contributed by atoms with Crippen LogP contribution in [0, 0.1) is 6.92 Å². The Bertz CT molecular complexity index is 559. The highest BCUT2D eigenvalue weighted by Crippen LogP contribution is 2.34. The molecule has 0 atom stereocenters. The van der Waals surface area contributed by atoms with E-state index in [0.29, 0.717) is 0 Å². The third-order valence-electron chi connectivity index (χ3n) is 2.66. The van der Waals surface area contributed by atoms with Crippen LogP contribution in [0.3, 0.4) is 0 Å². The van der Waals surface area contributed by atoms with Gasteiger partial charge in [0.05, 0.1) is 10.7 Å². The Morgan fingerprint density at radius 2 is 1.70 bits per heavy atom.